The predicted molar refractivity (Wildman–Crippen MR) is 113 cm³/mol. The molecule has 0 saturated carbocycles. The Morgan fingerprint density at radius 3 is 2.52 bits per heavy atom. The van der Waals surface area contributed by atoms with Crippen LogP contribution in [0.15, 0.2) is 64.2 Å². The molecular weight excluding hydrogens is 366 g/mol. The largest absolute Gasteiger partial charge is 0.340 e. The molecule has 2 heterocycles. The van der Waals surface area contributed by atoms with E-state index >= 15 is 0 Å². The minimum absolute atomic E-state index is 0.0830. The first-order valence-electron chi connectivity index (χ1n) is 9.91. The lowest BCUT2D eigenvalue weighted by atomic mass is 9.70. The van der Waals surface area contributed by atoms with Crippen LogP contribution < -0.4 is 11.2 Å². The zero-order chi connectivity index (χ0) is 20.6. The molecule has 4 rings (SSSR count). The molecule has 6 nitrogen and oxygen atoms in total. The summed E-state index contributed by atoms with van der Waals surface area (Å²) < 4.78 is 1.36. The van der Waals surface area contributed by atoms with Crippen LogP contribution >= 0.6 is 0 Å². The number of piperidine rings is 1. The summed E-state index contributed by atoms with van der Waals surface area (Å²) in [7, 11) is 0. The third-order valence-electron chi connectivity index (χ3n) is 6.13. The van der Waals surface area contributed by atoms with Gasteiger partial charge in [0, 0.05) is 19.0 Å². The van der Waals surface area contributed by atoms with Crippen molar-refractivity contribution < 1.29 is 4.79 Å². The van der Waals surface area contributed by atoms with Crippen LogP contribution in [-0.2, 0) is 11.3 Å². The van der Waals surface area contributed by atoms with Gasteiger partial charge < -0.3 is 4.90 Å². The Morgan fingerprint density at radius 2 is 1.76 bits per heavy atom. The first-order valence-corrected chi connectivity index (χ1v) is 9.91. The minimum atomic E-state index is -0.556. The van der Waals surface area contributed by atoms with Gasteiger partial charge in [0.2, 0.25) is 5.91 Å². The number of nitrogens with zero attached hydrogens (tertiary/aromatic N) is 2. The number of amides is 1. The highest BCUT2D eigenvalue weighted by molar-refractivity contribution is 5.81. The summed E-state index contributed by atoms with van der Waals surface area (Å²) in [6.45, 7) is 5.67. The van der Waals surface area contributed by atoms with Crippen molar-refractivity contribution in [2.75, 3.05) is 13.1 Å². The zero-order valence-corrected chi connectivity index (χ0v) is 16.7. The molecule has 1 unspecified atom stereocenters. The minimum Gasteiger partial charge on any atom is -0.340 e. The van der Waals surface area contributed by atoms with Gasteiger partial charge in [-0.25, -0.2) is 4.79 Å². The highest BCUT2D eigenvalue weighted by atomic mass is 16.2. The van der Waals surface area contributed by atoms with Gasteiger partial charge in [0.15, 0.2) is 0 Å². The number of aromatic nitrogens is 2. The molecule has 0 aliphatic carbocycles. The maximum absolute atomic E-state index is 13.1. The summed E-state index contributed by atoms with van der Waals surface area (Å²) in [6.07, 6.45) is 0.888. The third-order valence-corrected chi connectivity index (χ3v) is 6.13. The van der Waals surface area contributed by atoms with Crippen LogP contribution in [0, 0.1) is 5.41 Å². The zero-order valence-electron chi connectivity index (χ0n) is 16.7. The van der Waals surface area contributed by atoms with Crippen molar-refractivity contribution in [3.05, 3.63) is 81.0 Å². The van der Waals surface area contributed by atoms with E-state index < -0.39 is 11.2 Å². The number of rotatable bonds is 3. The van der Waals surface area contributed by atoms with Crippen molar-refractivity contribution >= 4 is 16.8 Å². The Morgan fingerprint density at radius 1 is 1.07 bits per heavy atom. The third kappa shape index (κ3) is 3.62. The monoisotopic (exact) mass is 391 g/mol. The molecule has 1 aromatic heterocycles. The van der Waals surface area contributed by atoms with Gasteiger partial charge in [0.1, 0.15) is 6.54 Å². The van der Waals surface area contributed by atoms with Gasteiger partial charge in [-0.1, -0.05) is 56.3 Å². The lowest BCUT2D eigenvalue weighted by Crippen LogP contribution is -2.48. The summed E-state index contributed by atoms with van der Waals surface area (Å²) in [5.41, 5.74) is 0.796. The van der Waals surface area contributed by atoms with E-state index in [1.165, 1.54) is 10.1 Å². The highest BCUT2D eigenvalue weighted by Gasteiger charge is 2.38. The molecule has 0 radical (unpaired) electrons. The van der Waals surface area contributed by atoms with Crippen molar-refractivity contribution in [2.45, 2.75) is 32.7 Å². The topological polar surface area (TPSA) is 75.2 Å². The number of benzene rings is 2. The Hall–Kier alpha value is -3.15. The number of aromatic amines is 1. The number of carbonyl (C=O) groups excluding carboxylic acids is 1. The molecule has 6 heteroatoms. The second-order valence-corrected chi connectivity index (χ2v) is 8.40. The average molecular weight is 391 g/mol. The van der Waals surface area contributed by atoms with Crippen LogP contribution in [-0.4, -0.2) is 33.4 Å². The SMILES string of the molecule is CC1(C)CCN(C(=O)Cn2c(=O)[nH]c(=O)c3ccccc32)CC1c1ccccc1. The predicted octanol–water partition coefficient (Wildman–Crippen LogP) is 2.73. The van der Waals surface area contributed by atoms with Crippen molar-refractivity contribution in [2.24, 2.45) is 5.41 Å². The first-order chi connectivity index (χ1) is 13.9. The summed E-state index contributed by atoms with van der Waals surface area (Å²) in [4.78, 5) is 41.7. The van der Waals surface area contributed by atoms with E-state index in [1.54, 1.807) is 24.3 Å². The normalized spacial score (nSPS) is 18.7. The van der Waals surface area contributed by atoms with Crippen LogP contribution in [0.5, 0.6) is 0 Å². The van der Waals surface area contributed by atoms with E-state index in [2.05, 4.69) is 31.0 Å². The maximum Gasteiger partial charge on any atom is 0.329 e. The molecule has 0 bridgehead atoms. The average Bonchev–Trinajstić information content (AvgIpc) is 2.71. The quantitative estimate of drug-likeness (QED) is 0.746. The van der Waals surface area contributed by atoms with Gasteiger partial charge in [-0.05, 0) is 29.5 Å². The molecule has 1 aliphatic heterocycles. The van der Waals surface area contributed by atoms with E-state index in [0.29, 0.717) is 24.0 Å². The lowest BCUT2D eigenvalue weighted by molar-refractivity contribution is -0.134. The lowest BCUT2D eigenvalue weighted by Gasteiger charge is -2.44. The Kier molecular flexibility index (Phi) is 4.86. The number of carbonyl (C=O) groups is 1. The van der Waals surface area contributed by atoms with Crippen LogP contribution in [0.3, 0.4) is 0 Å². The maximum atomic E-state index is 13.1. The second-order valence-electron chi connectivity index (χ2n) is 8.40. The molecule has 2 aromatic carbocycles. The molecule has 1 N–H and O–H groups in total. The fraction of sp³-hybridized carbons (Fsp3) is 0.348. The Labute approximate surface area is 168 Å². The van der Waals surface area contributed by atoms with Crippen molar-refractivity contribution in [1.82, 2.24) is 14.5 Å². The number of fused-ring (bicyclic) bond motifs is 1. The molecule has 1 fully saturated rings. The Bertz CT molecular complexity index is 1160. The summed E-state index contributed by atoms with van der Waals surface area (Å²) >= 11 is 0. The molecule has 1 aliphatic rings. The second kappa shape index (κ2) is 7.35. The van der Waals surface area contributed by atoms with Crippen LogP contribution in [0.25, 0.3) is 10.9 Å². The molecule has 1 saturated heterocycles. The van der Waals surface area contributed by atoms with Gasteiger partial charge in [-0.15, -0.1) is 0 Å². The number of H-pyrrole nitrogens is 1. The van der Waals surface area contributed by atoms with E-state index in [9.17, 15) is 14.4 Å². The van der Waals surface area contributed by atoms with Gasteiger partial charge in [-0.3, -0.25) is 19.1 Å². The number of nitrogens with one attached hydrogen (secondary N) is 1. The van der Waals surface area contributed by atoms with Crippen LogP contribution in [0.4, 0.5) is 0 Å². The van der Waals surface area contributed by atoms with Gasteiger partial charge in [-0.2, -0.15) is 0 Å². The highest BCUT2D eigenvalue weighted by Crippen LogP contribution is 2.42. The van der Waals surface area contributed by atoms with E-state index in [0.717, 1.165) is 6.42 Å². The van der Waals surface area contributed by atoms with Gasteiger partial charge >= 0.3 is 5.69 Å². The fourth-order valence-electron chi connectivity index (χ4n) is 4.26. The first kappa shape index (κ1) is 19.2. The summed E-state index contributed by atoms with van der Waals surface area (Å²) in [6, 6.07) is 17.1. The smallest absolute Gasteiger partial charge is 0.329 e. The fourth-order valence-corrected chi connectivity index (χ4v) is 4.26. The molecular formula is C23H25N3O3. The summed E-state index contributed by atoms with van der Waals surface area (Å²) in [5, 5.41) is 0.404. The van der Waals surface area contributed by atoms with Crippen molar-refractivity contribution in [3.8, 4) is 0 Å². The summed E-state index contributed by atoms with van der Waals surface area (Å²) in [5.74, 6) is 0.117. The number of likely N-dealkylation sites (tertiary alicyclic amines) is 1. The molecule has 1 amide bonds. The Balaban J connectivity index is 1.62. The molecule has 1 atom stereocenters. The van der Waals surface area contributed by atoms with E-state index in [1.807, 2.05) is 23.1 Å². The molecule has 29 heavy (non-hydrogen) atoms. The van der Waals surface area contributed by atoms with E-state index in [4.69, 9.17) is 0 Å². The van der Waals surface area contributed by atoms with Crippen LogP contribution in [0.2, 0.25) is 0 Å². The standard InChI is InChI=1S/C23H25N3O3/c1-23(2)12-13-25(14-18(23)16-8-4-3-5-9-16)20(27)15-26-19-11-7-6-10-17(19)21(28)24-22(26)29/h3-11,18H,12-15H2,1-2H3,(H,24,28,29). The number of para-hydroxylation sites is 1. The van der Waals surface area contributed by atoms with Crippen molar-refractivity contribution in [1.29, 1.82) is 0 Å². The molecule has 0 spiro atoms. The van der Waals surface area contributed by atoms with Gasteiger partial charge in [0.05, 0.1) is 10.9 Å². The van der Waals surface area contributed by atoms with Crippen LogP contribution in [0.1, 0.15) is 31.7 Å². The molecule has 150 valence electrons. The number of hydrogen-bond acceptors (Lipinski definition) is 3. The molecule has 3 aromatic rings. The number of hydrogen-bond donors (Lipinski definition) is 1. The van der Waals surface area contributed by atoms with Crippen molar-refractivity contribution in [3.63, 3.8) is 0 Å². The van der Waals surface area contributed by atoms with Gasteiger partial charge in [0.25, 0.3) is 5.56 Å². The van der Waals surface area contributed by atoms with E-state index in [-0.39, 0.29) is 23.8 Å².